The fourth-order valence-electron chi connectivity index (χ4n) is 2.89. The van der Waals surface area contributed by atoms with E-state index in [0.29, 0.717) is 11.8 Å². The Hall–Kier alpha value is -1.51. The average molecular weight is 302 g/mol. The van der Waals surface area contributed by atoms with Gasteiger partial charge in [-0.25, -0.2) is 0 Å². The lowest BCUT2D eigenvalue weighted by Crippen LogP contribution is -2.30. The molecule has 1 unspecified atom stereocenters. The molecule has 0 spiro atoms. The van der Waals surface area contributed by atoms with Crippen LogP contribution in [0.5, 0.6) is 5.75 Å². The number of fused-ring (bicyclic) bond motifs is 1. The smallest absolute Gasteiger partial charge is 0.122 e. The molecule has 1 atom stereocenters. The van der Waals surface area contributed by atoms with E-state index >= 15 is 0 Å². The summed E-state index contributed by atoms with van der Waals surface area (Å²) in [6.45, 7) is 3.59. The van der Waals surface area contributed by atoms with Crippen molar-refractivity contribution in [1.82, 2.24) is 4.90 Å². The van der Waals surface area contributed by atoms with Crippen molar-refractivity contribution in [3.8, 4) is 5.75 Å². The zero-order chi connectivity index (χ0) is 14.5. The monoisotopic (exact) mass is 301 g/mol. The quantitative estimate of drug-likeness (QED) is 0.750. The van der Waals surface area contributed by atoms with Crippen molar-refractivity contribution in [3.05, 3.63) is 65.7 Å². The van der Waals surface area contributed by atoms with Crippen molar-refractivity contribution in [2.24, 2.45) is 0 Å². The van der Waals surface area contributed by atoms with Crippen molar-refractivity contribution in [2.45, 2.75) is 12.5 Å². The van der Waals surface area contributed by atoms with E-state index in [2.05, 4.69) is 53.4 Å². The highest BCUT2D eigenvalue weighted by molar-refractivity contribution is 6.18. The van der Waals surface area contributed by atoms with E-state index in [4.69, 9.17) is 16.3 Å². The first-order valence-electron chi connectivity index (χ1n) is 7.41. The summed E-state index contributed by atoms with van der Waals surface area (Å²) < 4.78 is 5.78. The number of ether oxygens (including phenoxy) is 1. The van der Waals surface area contributed by atoms with Gasteiger partial charge in [-0.2, -0.15) is 0 Å². The molecule has 3 heteroatoms. The van der Waals surface area contributed by atoms with Gasteiger partial charge in [-0.3, -0.25) is 4.90 Å². The predicted octanol–water partition coefficient (Wildman–Crippen LogP) is 3.90. The Bertz CT molecular complexity index is 572. The van der Waals surface area contributed by atoms with Gasteiger partial charge in [0.15, 0.2) is 0 Å². The molecule has 1 aliphatic rings. The van der Waals surface area contributed by atoms with Crippen LogP contribution in [0.2, 0.25) is 0 Å². The van der Waals surface area contributed by atoms with E-state index in [1.165, 1.54) is 11.1 Å². The number of hydrogen-bond acceptors (Lipinski definition) is 2. The van der Waals surface area contributed by atoms with Crippen molar-refractivity contribution >= 4 is 11.6 Å². The molecule has 0 N–H and O–H groups in total. The predicted molar refractivity (Wildman–Crippen MR) is 87.1 cm³/mol. The molecule has 2 nitrogen and oxygen atoms in total. The van der Waals surface area contributed by atoms with Crippen LogP contribution in [0.25, 0.3) is 0 Å². The SMILES string of the molecule is ClCCN(Cc1ccccc1)CC1COc2ccccc21. The van der Waals surface area contributed by atoms with Gasteiger partial charge < -0.3 is 4.74 Å². The van der Waals surface area contributed by atoms with Gasteiger partial charge in [-0.1, -0.05) is 48.5 Å². The maximum Gasteiger partial charge on any atom is 0.122 e. The molecule has 2 aromatic rings. The molecule has 0 saturated heterocycles. The molecular formula is C18H20ClNO. The van der Waals surface area contributed by atoms with Crippen molar-refractivity contribution in [1.29, 1.82) is 0 Å². The first kappa shape index (κ1) is 14.4. The molecule has 0 bridgehead atoms. The third-order valence-corrected chi connectivity index (χ3v) is 4.10. The summed E-state index contributed by atoms with van der Waals surface area (Å²) in [6, 6.07) is 18.9. The van der Waals surface area contributed by atoms with Crippen molar-refractivity contribution < 1.29 is 4.74 Å². The second-order valence-corrected chi connectivity index (χ2v) is 5.83. The highest BCUT2D eigenvalue weighted by atomic mass is 35.5. The summed E-state index contributed by atoms with van der Waals surface area (Å²) in [5.74, 6) is 2.13. The number of benzene rings is 2. The normalized spacial score (nSPS) is 16.8. The summed E-state index contributed by atoms with van der Waals surface area (Å²) >= 11 is 5.98. The van der Waals surface area contributed by atoms with E-state index in [9.17, 15) is 0 Å². The van der Waals surface area contributed by atoms with Crippen LogP contribution < -0.4 is 4.74 Å². The molecule has 0 aromatic heterocycles. The van der Waals surface area contributed by atoms with E-state index in [1.807, 2.05) is 6.07 Å². The maximum absolute atomic E-state index is 5.98. The molecule has 0 radical (unpaired) electrons. The Kier molecular flexibility index (Phi) is 4.79. The lowest BCUT2D eigenvalue weighted by molar-refractivity contribution is 0.236. The van der Waals surface area contributed by atoms with Gasteiger partial charge >= 0.3 is 0 Å². The fraction of sp³-hybridized carbons (Fsp3) is 0.333. The Balaban J connectivity index is 1.68. The molecular weight excluding hydrogens is 282 g/mol. The van der Waals surface area contributed by atoms with Crippen molar-refractivity contribution in [2.75, 3.05) is 25.6 Å². The van der Waals surface area contributed by atoms with Crippen LogP contribution in [0.15, 0.2) is 54.6 Å². The highest BCUT2D eigenvalue weighted by Crippen LogP contribution is 2.34. The van der Waals surface area contributed by atoms with Crippen LogP contribution in [0.3, 0.4) is 0 Å². The topological polar surface area (TPSA) is 12.5 Å². The molecule has 110 valence electrons. The Morgan fingerprint density at radius 3 is 2.62 bits per heavy atom. The zero-order valence-corrected chi connectivity index (χ0v) is 12.8. The van der Waals surface area contributed by atoms with Crippen molar-refractivity contribution in [3.63, 3.8) is 0 Å². The van der Waals surface area contributed by atoms with Crippen LogP contribution in [0.4, 0.5) is 0 Å². The molecule has 0 saturated carbocycles. The van der Waals surface area contributed by atoms with Crippen LogP contribution >= 0.6 is 11.6 Å². The number of nitrogens with zero attached hydrogens (tertiary/aromatic N) is 1. The molecule has 3 rings (SSSR count). The summed E-state index contributed by atoms with van der Waals surface area (Å²) in [7, 11) is 0. The second-order valence-electron chi connectivity index (χ2n) is 5.46. The second kappa shape index (κ2) is 6.97. The number of hydrogen-bond donors (Lipinski definition) is 0. The summed E-state index contributed by atoms with van der Waals surface area (Å²) in [6.07, 6.45) is 0. The highest BCUT2D eigenvalue weighted by Gasteiger charge is 2.25. The minimum atomic E-state index is 0.438. The van der Waals surface area contributed by atoms with Gasteiger partial charge in [0.1, 0.15) is 5.75 Å². The molecule has 2 aromatic carbocycles. The molecule has 1 aliphatic heterocycles. The minimum Gasteiger partial charge on any atom is -0.493 e. The van der Waals surface area contributed by atoms with Crippen LogP contribution in [0, 0.1) is 0 Å². The third kappa shape index (κ3) is 3.58. The van der Waals surface area contributed by atoms with Crippen LogP contribution in [-0.4, -0.2) is 30.5 Å². The average Bonchev–Trinajstić information content (AvgIpc) is 2.92. The number of halogens is 1. The van der Waals surface area contributed by atoms with E-state index < -0.39 is 0 Å². The van der Waals surface area contributed by atoms with Crippen LogP contribution in [0.1, 0.15) is 17.0 Å². The first-order chi connectivity index (χ1) is 10.4. The molecule has 1 heterocycles. The standard InChI is InChI=1S/C18H20ClNO/c19-10-11-20(12-15-6-2-1-3-7-15)13-16-14-21-18-9-5-4-8-17(16)18/h1-9,16H,10-14H2. The summed E-state index contributed by atoms with van der Waals surface area (Å²) in [4.78, 5) is 2.42. The van der Waals surface area contributed by atoms with Gasteiger partial charge in [0.25, 0.3) is 0 Å². The number of alkyl halides is 1. The van der Waals surface area contributed by atoms with Gasteiger partial charge in [0.2, 0.25) is 0 Å². The number of rotatable bonds is 6. The van der Waals surface area contributed by atoms with E-state index in [1.54, 1.807) is 0 Å². The fourth-order valence-corrected chi connectivity index (χ4v) is 3.13. The first-order valence-corrected chi connectivity index (χ1v) is 7.94. The van der Waals surface area contributed by atoms with Gasteiger partial charge in [0, 0.05) is 37.0 Å². The van der Waals surface area contributed by atoms with E-state index in [0.717, 1.165) is 32.0 Å². The molecule has 0 amide bonds. The maximum atomic E-state index is 5.98. The van der Waals surface area contributed by atoms with Gasteiger partial charge in [0.05, 0.1) is 6.61 Å². The Labute approximate surface area is 131 Å². The third-order valence-electron chi connectivity index (χ3n) is 3.93. The lowest BCUT2D eigenvalue weighted by Gasteiger charge is -2.24. The summed E-state index contributed by atoms with van der Waals surface area (Å²) in [5.41, 5.74) is 2.65. The largest absolute Gasteiger partial charge is 0.493 e. The molecule has 0 fully saturated rings. The van der Waals surface area contributed by atoms with Gasteiger partial charge in [-0.15, -0.1) is 11.6 Å². The summed E-state index contributed by atoms with van der Waals surface area (Å²) in [5, 5.41) is 0. The van der Waals surface area contributed by atoms with E-state index in [-0.39, 0.29) is 0 Å². The Morgan fingerprint density at radius 1 is 1.05 bits per heavy atom. The zero-order valence-electron chi connectivity index (χ0n) is 12.0. The lowest BCUT2D eigenvalue weighted by atomic mass is 10.0. The van der Waals surface area contributed by atoms with Crippen LogP contribution in [-0.2, 0) is 6.54 Å². The number of para-hydroxylation sites is 1. The molecule has 21 heavy (non-hydrogen) atoms. The molecule has 0 aliphatic carbocycles. The minimum absolute atomic E-state index is 0.438. The Morgan fingerprint density at radius 2 is 1.81 bits per heavy atom. The van der Waals surface area contributed by atoms with Gasteiger partial charge in [-0.05, 0) is 11.6 Å².